The Balaban J connectivity index is 1.54. The van der Waals surface area contributed by atoms with E-state index in [4.69, 9.17) is 4.42 Å². The van der Waals surface area contributed by atoms with Gasteiger partial charge in [0.05, 0.1) is 22.3 Å². The molecule has 32 heavy (non-hydrogen) atoms. The Kier molecular flexibility index (Phi) is 5.17. The molecule has 0 saturated heterocycles. The van der Waals surface area contributed by atoms with E-state index < -0.39 is 11.4 Å². The maximum absolute atomic E-state index is 13.2. The van der Waals surface area contributed by atoms with Gasteiger partial charge in [0.25, 0.3) is 5.56 Å². The minimum Gasteiger partial charge on any atom is -0.422 e. The van der Waals surface area contributed by atoms with E-state index in [-0.39, 0.29) is 16.9 Å². The molecule has 0 N–H and O–H groups in total. The minimum atomic E-state index is -0.679. The lowest BCUT2D eigenvalue weighted by Crippen LogP contribution is -2.22. The van der Waals surface area contributed by atoms with E-state index >= 15 is 0 Å². The summed E-state index contributed by atoms with van der Waals surface area (Å²) in [4.78, 5) is 43.1. The van der Waals surface area contributed by atoms with Gasteiger partial charge in [-0.3, -0.25) is 14.2 Å². The number of hydrogen-bond donors (Lipinski definition) is 0. The molecule has 2 aromatic heterocycles. The number of benzene rings is 3. The van der Waals surface area contributed by atoms with E-state index in [1.165, 1.54) is 4.57 Å². The molecule has 0 radical (unpaired) electrons. The van der Waals surface area contributed by atoms with Crippen LogP contribution in [-0.4, -0.2) is 21.1 Å². The first kappa shape index (κ1) is 20.0. The fraction of sp³-hybridized carbons (Fsp3) is 0.0400. The molecular weight excluding hydrogens is 424 g/mol. The third-order valence-corrected chi connectivity index (χ3v) is 5.97. The van der Waals surface area contributed by atoms with Crippen LogP contribution in [0.5, 0.6) is 0 Å². The first-order chi connectivity index (χ1) is 15.6. The molecule has 156 valence electrons. The summed E-state index contributed by atoms with van der Waals surface area (Å²) in [6.07, 6.45) is 0. The molecule has 6 nitrogen and oxygen atoms in total. The smallest absolute Gasteiger partial charge is 0.347 e. The van der Waals surface area contributed by atoms with Gasteiger partial charge in [-0.15, -0.1) is 0 Å². The molecule has 5 aromatic rings. The molecule has 0 atom stereocenters. The van der Waals surface area contributed by atoms with Crippen LogP contribution >= 0.6 is 11.8 Å². The fourth-order valence-corrected chi connectivity index (χ4v) is 4.37. The van der Waals surface area contributed by atoms with Crippen LogP contribution in [0.2, 0.25) is 0 Å². The number of nitrogens with zero attached hydrogens (tertiary/aromatic N) is 2. The van der Waals surface area contributed by atoms with E-state index in [1.54, 1.807) is 42.5 Å². The topological polar surface area (TPSA) is 82.2 Å². The molecule has 0 aliphatic carbocycles. The Labute approximate surface area is 186 Å². The molecule has 0 fully saturated rings. The Hall–Kier alpha value is -3.97. The number of Topliss-reactive ketones (excluding diaryl/α,β-unsaturated/α-hetero) is 1. The summed E-state index contributed by atoms with van der Waals surface area (Å²) in [7, 11) is 0. The second-order valence-electron chi connectivity index (χ2n) is 7.08. The average Bonchev–Trinajstić information content (AvgIpc) is 2.82. The van der Waals surface area contributed by atoms with E-state index in [0.717, 1.165) is 11.8 Å². The van der Waals surface area contributed by atoms with Crippen molar-refractivity contribution in [2.45, 2.75) is 5.16 Å². The highest BCUT2D eigenvalue weighted by molar-refractivity contribution is 7.99. The fourth-order valence-electron chi connectivity index (χ4n) is 3.48. The van der Waals surface area contributed by atoms with Crippen LogP contribution in [0.4, 0.5) is 0 Å². The van der Waals surface area contributed by atoms with Gasteiger partial charge in [0.1, 0.15) is 11.1 Å². The van der Waals surface area contributed by atoms with E-state index in [1.807, 2.05) is 42.5 Å². The number of para-hydroxylation sites is 3. The Morgan fingerprint density at radius 2 is 1.62 bits per heavy atom. The highest BCUT2D eigenvalue weighted by Gasteiger charge is 2.18. The average molecular weight is 440 g/mol. The maximum Gasteiger partial charge on any atom is 0.347 e. The normalized spacial score (nSPS) is 11.1. The molecule has 0 amide bonds. The van der Waals surface area contributed by atoms with Crippen LogP contribution in [0, 0.1) is 0 Å². The Bertz CT molecular complexity index is 1590. The lowest BCUT2D eigenvalue weighted by Gasteiger charge is -2.13. The zero-order valence-electron chi connectivity index (χ0n) is 16.7. The van der Waals surface area contributed by atoms with E-state index in [2.05, 4.69) is 4.98 Å². The lowest BCUT2D eigenvalue weighted by atomic mass is 10.1. The molecule has 0 spiro atoms. The van der Waals surface area contributed by atoms with Crippen LogP contribution in [0.15, 0.2) is 104 Å². The van der Waals surface area contributed by atoms with Gasteiger partial charge in [-0.25, -0.2) is 9.78 Å². The number of hydrogen-bond acceptors (Lipinski definition) is 6. The second-order valence-corrected chi connectivity index (χ2v) is 8.03. The number of carbonyl (C=O) groups excluding carboxylic acids is 1. The quantitative estimate of drug-likeness (QED) is 0.174. The highest BCUT2D eigenvalue weighted by Crippen LogP contribution is 2.22. The van der Waals surface area contributed by atoms with Gasteiger partial charge in [-0.2, -0.15) is 0 Å². The monoisotopic (exact) mass is 440 g/mol. The van der Waals surface area contributed by atoms with Gasteiger partial charge in [0, 0.05) is 5.39 Å². The maximum atomic E-state index is 13.2. The summed E-state index contributed by atoms with van der Waals surface area (Å²) in [5.74, 6) is -0.461. The van der Waals surface area contributed by atoms with Gasteiger partial charge in [-0.05, 0) is 36.4 Å². The van der Waals surface area contributed by atoms with Crippen molar-refractivity contribution >= 4 is 39.4 Å². The second kappa shape index (κ2) is 8.28. The van der Waals surface area contributed by atoms with Crippen molar-refractivity contribution in [3.63, 3.8) is 0 Å². The van der Waals surface area contributed by atoms with Gasteiger partial charge in [-0.1, -0.05) is 60.3 Å². The molecule has 5 rings (SSSR count). The number of rotatable bonds is 5. The van der Waals surface area contributed by atoms with Crippen molar-refractivity contribution in [1.29, 1.82) is 0 Å². The van der Waals surface area contributed by atoms with Gasteiger partial charge < -0.3 is 4.42 Å². The summed E-state index contributed by atoms with van der Waals surface area (Å²) < 4.78 is 6.77. The standard InChI is InChI=1S/C25H16N2O4S/c28-21(19-14-16-8-4-7-13-22(16)31-24(19)30)15-32-25-26-20-12-6-5-11-18(20)23(29)27(25)17-9-2-1-3-10-17/h1-14H,15H2. The number of aromatic nitrogens is 2. The molecule has 3 aromatic carbocycles. The van der Waals surface area contributed by atoms with Crippen molar-refractivity contribution in [2.24, 2.45) is 0 Å². The molecule has 0 unspecified atom stereocenters. The molecule has 7 heteroatoms. The van der Waals surface area contributed by atoms with Crippen LogP contribution in [-0.2, 0) is 0 Å². The largest absolute Gasteiger partial charge is 0.422 e. The van der Waals surface area contributed by atoms with Crippen LogP contribution in [0.25, 0.3) is 27.6 Å². The summed E-state index contributed by atoms with van der Waals surface area (Å²) in [5.41, 5.74) is 0.699. The van der Waals surface area contributed by atoms with Crippen LogP contribution in [0.1, 0.15) is 10.4 Å². The summed E-state index contributed by atoms with van der Waals surface area (Å²) >= 11 is 1.11. The van der Waals surface area contributed by atoms with Crippen molar-refractivity contribution < 1.29 is 9.21 Å². The Morgan fingerprint density at radius 3 is 2.47 bits per heavy atom. The van der Waals surface area contributed by atoms with Crippen molar-refractivity contribution in [1.82, 2.24) is 9.55 Å². The van der Waals surface area contributed by atoms with Crippen molar-refractivity contribution in [3.8, 4) is 5.69 Å². The first-order valence-corrected chi connectivity index (χ1v) is 10.9. The zero-order valence-corrected chi connectivity index (χ0v) is 17.5. The minimum absolute atomic E-state index is 0.0226. The van der Waals surface area contributed by atoms with Crippen LogP contribution in [0.3, 0.4) is 0 Å². The molecule has 0 bridgehead atoms. The first-order valence-electron chi connectivity index (χ1n) is 9.88. The van der Waals surface area contributed by atoms with Gasteiger partial charge in [0.2, 0.25) is 0 Å². The number of ketones is 1. The third kappa shape index (κ3) is 3.63. The number of thioether (sulfide) groups is 1. The van der Waals surface area contributed by atoms with Crippen molar-refractivity contribution in [3.05, 3.63) is 111 Å². The van der Waals surface area contributed by atoms with Crippen LogP contribution < -0.4 is 11.2 Å². The zero-order chi connectivity index (χ0) is 22.1. The highest BCUT2D eigenvalue weighted by atomic mass is 32.2. The summed E-state index contributed by atoms with van der Waals surface area (Å²) in [6.45, 7) is 0. The molecular formula is C25H16N2O4S. The molecule has 0 aliphatic rings. The number of carbonyl (C=O) groups is 1. The lowest BCUT2D eigenvalue weighted by molar-refractivity contribution is 0.101. The summed E-state index contributed by atoms with van der Waals surface area (Å²) in [6, 6.07) is 24.8. The van der Waals surface area contributed by atoms with E-state index in [9.17, 15) is 14.4 Å². The SMILES string of the molecule is O=C(CSc1nc2ccccc2c(=O)n1-c1ccccc1)c1cc2ccccc2oc1=O. The summed E-state index contributed by atoms with van der Waals surface area (Å²) in [5, 5.41) is 1.53. The third-order valence-electron chi connectivity index (χ3n) is 5.03. The molecule has 0 aliphatic heterocycles. The van der Waals surface area contributed by atoms with Gasteiger partial charge in [0.15, 0.2) is 10.9 Å². The van der Waals surface area contributed by atoms with E-state index in [0.29, 0.717) is 32.7 Å². The Morgan fingerprint density at radius 1 is 0.906 bits per heavy atom. The predicted octanol–water partition coefficient (Wildman–Crippen LogP) is 4.47. The van der Waals surface area contributed by atoms with Crippen molar-refractivity contribution in [2.75, 3.05) is 5.75 Å². The van der Waals surface area contributed by atoms with Gasteiger partial charge >= 0.3 is 5.63 Å². The number of fused-ring (bicyclic) bond motifs is 2. The predicted molar refractivity (Wildman–Crippen MR) is 125 cm³/mol. The molecule has 0 saturated carbocycles. The molecule has 2 heterocycles.